The van der Waals surface area contributed by atoms with Gasteiger partial charge in [0.1, 0.15) is 17.1 Å². The maximum Gasteiger partial charge on any atom is 0.195 e. The second-order valence-electron chi connectivity index (χ2n) is 4.83. The van der Waals surface area contributed by atoms with Crippen LogP contribution in [-0.4, -0.2) is 22.3 Å². The predicted octanol–water partition coefficient (Wildman–Crippen LogP) is 3.97. The standard InChI is InChI=1S/C16H16N2O2S/c1-3-8-20-13-6-4-12(5-7-13)15-14(10-19)18-9-11(2)21-16(18)17-15/h4-7,9-10H,3,8H2,1-2H3. The van der Waals surface area contributed by atoms with Crippen molar-refractivity contribution in [1.29, 1.82) is 0 Å². The molecule has 108 valence electrons. The molecule has 21 heavy (non-hydrogen) atoms. The Bertz CT molecular complexity index is 772. The average molecular weight is 300 g/mol. The third kappa shape index (κ3) is 2.56. The molecule has 0 spiro atoms. The zero-order valence-corrected chi connectivity index (χ0v) is 12.8. The summed E-state index contributed by atoms with van der Waals surface area (Å²) in [5.41, 5.74) is 2.24. The number of aryl methyl sites for hydroxylation is 1. The fourth-order valence-corrected chi connectivity index (χ4v) is 3.06. The molecule has 0 N–H and O–H groups in total. The van der Waals surface area contributed by atoms with Crippen molar-refractivity contribution in [2.75, 3.05) is 6.61 Å². The summed E-state index contributed by atoms with van der Waals surface area (Å²) in [6.45, 7) is 4.79. The van der Waals surface area contributed by atoms with Gasteiger partial charge in [-0.25, -0.2) is 4.98 Å². The van der Waals surface area contributed by atoms with Gasteiger partial charge in [0.05, 0.1) is 6.61 Å². The topological polar surface area (TPSA) is 43.6 Å². The first-order valence-corrected chi connectivity index (χ1v) is 7.71. The molecule has 3 rings (SSSR count). The number of benzene rings is 1. The summed E-state index contributed by atoms with van der Waals surface area (Å²) in [4.78, 5) is 18.0. The average Bonchev–Trinajstić information content (AvgIpc) is 3.01. The molecule has 0 atom stereocenters. The Balaban J connectivity index is 1.99. The van der Waals surface area contributed by atoms with E-state index in [4.69, 9.17) is 4.74 Å². The molecular weight excluding hydrogens is 284 g/mol. The minimum Gasteiger partial charge on any atom is -0.494 e. The summed E-state index contributed by atoms with van der Waals surface area (Å²) < 4.78 is 7.42. The fourth-order valence-electron chi connectivity index (χ4n) is 2.23. The number of nitrogens with zero attached hydrogens (tertiary/aromatic N) is 2. The number of aldehydes is 1. The highest BCUT2D eigenvalue weighted by Gasteiger charge is 2.15. The SMILES string of the molecule is CCCOc1ccc(-c2nc3sc(C)cn3c2C=O)cc1. The maximum atomic E-state index is 11.4. The van der Waals surface area contributed by atoms with Crippen molar-refractivity contribution in [3.63, 3.8) is 0 Å². The number of ether oxygens (including phenoxy) is 1. The molecule has 0 saturated carbocycles. The highest BCUT2D eigenvalue weighted by Crippen LogP contribution is 2.28. The molecule has 0 aliphatic heterocycles. The Hall–Kier alpha value is -2.14. The lowest BCUT2D eigenvalue weighted by Gasteiger charge is -2.05. The fraction of sp³-hybridized carbons (Fsp3) is 0.250. The van der Waals surface area contributed by atoms with Crippen LogP contribution in [0.4, 0.5) is 0 Å². The lowest BCUT2D eigenvalue weighted by molar-refractivity contribution is 0.111. The number of carbonyl (C=O) groups excluding carboxylic acids is 1. The second kappa shape index (κ2) is 5.69. The van der Waals surface area contributed by atoms with E-state index in [9.17, 15) is 4.79 Å². The van der Waals surface area contributed by atoms with Gasteiger partial charge in [-0.15, -0.1) is 11.3 Å². The van der Waals surface area contributed by atoms with Gasteiger partial charge in [-0.2, -0.15) is 0 Å². The van der Waals surface area contributed by atoms with Gasteiger partial charge < -0.3 is 4.74 Å². The van der Waals surface area contributed by atoms with Crippen LogP contribution in [0.2, 0.25) is 0 Å². The molecule has 1 aromatic carbocycles. The van der Waals surface area contributed by atoms with Crippen molar-refractivity contribution in [2.24, 2.45) is 0 Å². The van der Waals surface area contributed by atoms with Crippen LogP contribution in [0.5, 0.6) is 5.75 Å². The smallest absolute Gasteiger partial charge is 0.195 e. The van der Waals surface area contributed by atoms with Crippen molar-refractivity contribution in [2.45, 2.75) is 20.3 Å². The minimum absolute atomic E-state index is 0.594. The number of thiazole rings is 1. The van der Waals surface area contributed by atoms with E-state index in [1.807, 2.05) is 41.8 Å². The number of aromatic nitrogens is 2. The number of imidazole rings is 1. The third-order valence-electron chi connectivity index (χ3n) is 3.19. The van der Waals surface area contributed by atoms with Crippen LogP contribution < -0.4 is 4.74 Å². The Morgan fingerprint density at radius 3 is 2.76 bits per heavy atom. The van der Waals surface area contributed by atoms with Crippen molar-refractivity contribution < 1.29 is 9.53 Å². The molecule has 5 heteroatoms. The molecule has 0 radical (unpaired) electrons. The molecule has 0 bridgehead atoms. The number of hydrogen-bond acceptors (Lipinski definition) is 4. The van der Waals surface area contributed by atoms with Gasteiger partial charge in [0.25, 0.3) is 0 Å². The van der Waals surface area contributed by atoms with Crippen molar-refractivity contribution >= 4 is 22.6 Å². The van der Waals surface area contributed by atoms with Crippen LogP contribution in [0.1, 0.15) is 28.7 Å². The zero-order chi connectivity index (χ0) is 14.8. The molecule has 0 aliphatic rings. The van der Waals surface area contributed by atoms with E-state index in [1.165, 1.54) is 0 Å². The van der Waals surface area contributed by atoms with Gasteiger partial charge in [-0.05, 0) is 37.6 Å². The maximum absolute atomic E-state index is 11.4. The number of fused-ring (bicyclic) bond motifs is 1. The first kappa shape index (κ1) is 13.8. The summed E-state index contributed by atoms with van der Waals surface area (Å²) in [6.07, 6.45) is 3.79. The van der Waals surface area contributed by atoms with Gasteiger partial charge in [-0.3, -0.25) is 9.20 Å². The summed E-state index contributed by atoms with van der Waals surface area (Å²) >= 11 is 1.58. The quantitative estimate of drug-likeness (QED) is 0.670. The van der Waals surface area contributed by atoms with Crippen LogP contribution in [0.15, 0.2) is 30.5 Å². The van der Waals surface area contributed by atoms with E-state index >= 15 is 0 Å². The molecule has 0 amide bonds. The molecule has 0 saturated heterocycles. The van der Waals surface area contributed by atoms with E-state index in [0.717, 1.165) is 39.6 Å². The lowest BCUT2D eigenvalue weighted by atomic mass is 10.1. The molecule has 4 nitrogen and oxygen atoms in total. The molecular formula is C16H16N2O2S. The van der Waals surface area contributed by atoms with Crippen LogP contribution in [0.3, 0.4) is 0 Å². The van der Waals surface area contributed by atoms with Crippen LogP contribution >= 0.6 is 11.3 Å². The Morgan fingerprint density at radius 2 is 2.10 bits per heavy atom. The van der Waals surface area contributed by atoms with E-state index < -0.39 is 0 Å². The molecule has 0 aliphatic carbocycles. The Labute approximate surface area is 127 Å². The number of rotatable bonds is 5. The van der Waals surface area contributed by atoms with Crippen molar-refractivity contribution in [3.05, 3.63) is 41.0 Å². The second-order valence-corrected chi connectivity index (χ2v) is 6.04. The van der Waals surface area contributed by atoms with E-state index in [1.54, 1.807) is 11.3 Å². The van der Waals surface area contributed by atoms with Crippen molar-refractivity contribution in [1.82, 2.24) is 9.38 Å². The highest BCUT2D eigenvalue weighted by molar-refractivity contribution is 7.17. The lowest BCUT2D eigenvalue weighted by Crippen LogP contribution is -1.95. The largest absolute Gasteiger partial charge is 0.494 e. The summed E-state index contributed by atoms with van der Waals surface area (Å²) in [6, 6.07) is 7.71. The molecule has 0 fully saturated rings. The van der Waals surface area contributed by atoms with Gasteiger partial charge in [-0.1, -0.05) is 6.92 Å². The zero-order valence-electron chi connectivity index (χ0n) is 12.0. The van der Waals surface area contributed by atoms with E-state index in [0.29, 0.717) is 12.3 Å². The summed E-state index contributed by atoms with van der Waals surface area (Å²) in [5.74, 6) is 0.838. The first-order valence-electron chi connectivity index (χ1n) is 6.90. The Kier molecular flexibility index (Phi) is 3.75. The van der Waals surface area contributed by atoms with Gasteiger partial charge in [0.15, 0.2) is 11.2 Å². The van der Waals surface area contributed by atoms with Gasteiger partial charge >= 0.3 is 0 Å². The van der Waals surface area contributed by atoms with E-state index in [2.05, 4.69) is 11.9 Å². The van der Waals surface area contributed by atoms with Gasteiger partial charge in [0.2, 0.25) is 0 Å². The first-order chi connectivity index (χ1) is 10.2. The van der Waals surface area contributed by atoms with E-state index in [-0.39, 0.29) is 0 Å². The molecule has 0 unspecified atom stereocenters. The number of hydrogen-bond donors (Lipinski definition) is 0. The summed E-state index contributed by atoms with van der Waals surface area (Å²) in [5, 5.41) is 0. The highest BCUT2D eigenvalue weighted by atomic mass is 32.1. The number of carbonyl (C=O) groups is 1. The van der Waals surface area contributed by atoms with Crippen LogP contribution in [-0.2, 0) is 0 Å². The predicted molar refractivity (Wildman–Crippen MR) is 84.4 cm³/mol. The van der Waals surface area contributed by atoms with Crippen LogP contribution in [0.25, 0.3) is 16.2 Å². The normalized spacial score (nSPS) is 11.0. The minimum atomic E-state index is 0.594. The van der Waals surface area contributed by atoms with Gasteiger partial charge in [0, 0.05) is 16.6 Å². The Morgan fingerprint density at radius 1 is 1.33 bits per heavy atom. The monoisotopic (exact) mass is 300 g/mol. The summed E-state index contributed by atoms with van der Waals surface area (Å²) in [7, 11) is 0. The molecule has 3 aromatic rings. The molecule has 2 aromatic heterocycles. The van der Waals surface area contributed by atoms with Crippen LogP contribution in [0, 0.1) is 6.92 Å². The molecule has 2 heterocycles. The van der Waals surface area contributed by atoms with Crippen molar-refractivity contribution in [3.8, 4) is 17.0 Å². The third-order valence-corrected chi connectivity index (χ3v) is 4.09.